The Kier molecular flexibility index (Phi) is 5.77. The van der Waals surface area contributed by atoms with Crippen LogP contribution in [0.5, 0.6) is 5.75 Å². The molecule has 0 heterocycles. The number of rotatable bonds is 6. The van der Waals surface area contributed by atoms with E-state index in [1.54, 1.807) is 31.3 Å². The number of benzene rings is 1. The lowest BCUT2D eigenvalue weighted by molar-refractivity contribution is -0.116. The van der Waals surface area contributed by atoms with Gasteiger partial charge >= 0.3 is 0 Å². The van der Waals surface area contributed by atoms with E-state index in [4.69, 9.17) is 0 Å². The second-order valence-electron chi connectivity index (χ2n) is 4.67. The molecule has 108 valence electrons. The SMILES string of the molecule is CCCC(=O)Nc1ccc(O)c(C(=O)C=CN(C)C)c1. The van der Waals surface area contributed by atoms with Crippen LogP contribution in [0.1, 0.15) is 30.1 Å². The number of aromatic hydroxyl groups is 1. The lowest BCUT2D eigenvalue weighted by atomic mass is 10.1. The van der Waals surface area contributed by atoms with Gasteiger partial charge in [0, 0.05) is 38.5 Å². The Morgan fingerprint density at radius 3 is 2.65 bits per heavy atom. The molecule has 1 aromatic rings. The Morgan fingerprint density at radius 2 is 2.05 bits per heavy atom. The molecule has 0 saturated heterocycles. The van der Waals surface area contributed by atoms with Crippen LogP contribution in [-0.4, -0.2) is 35.8 Å². The predicted octanol–water partition coefficient (Wildman–Crippen LogP) is 2.39. The first-order chi connectivity index (χ1) is 9.43. The molecule has 0 fully saturated rings. The standard InChI is InChI=1S/C15H20N2O3/c1-4-5-15(20)16-11-6-7-13(18)12(10-11)14(19)8-9-17(2)3/h6-10,18H,4-5H2,1-3H3,(H,16,20). The highest BCUT2D eigenvalue weighted by Gasteiger charge is 2.10. The number of nitrogens with zero attached hydrogens (tertiary/aromatic N) is 1. The first kappa shape index (κ1) is 15.8. The number of carbonyl (C=O) groups is 2. The number of amides is 1. The van der Waals surface area contributed by atoms with Crippen LogP contribution in [0.3, 0.4) is 0 Å². The molecule has 0 aliphatic heterocycles. The number of phenols is 1. The Balaban J connectivity index is 2.91. The minimum absolute atomic E-state index is 0.105. The van der Waals surface area contributed by atoms with Gasteiger partial charge in [-0.1, -0.05) is 6.92 Å². The number of hydrogen-bond donors (Lipinski definition) is 2. The molecular weight excluding hydrogens is 256 g/mol. The van der Waals surface area contributed by atoms with E-state index in [1.165, 1.54) is 18.2 Å². The molecule has 0 spiro atoms. The van der Waals surface area contributed by atoms with Crippen molar-refractivity contribution in [3.8, 4) is 5.75 Å². The van der Waals surface area contributed by atoms with Crippen LogP contribution in [0.25, 0.3) is 0 Å². The summed E-state index contributed by atoms with van der Waals surface area (Å²) in [6.45, 7) is 1.91. The second-order valence-corrected chi connectivity index (χ2v) is 4.67. The molecule has 0 saturated carbocycles. The fourth-order valence-corrected chi connectivity index (χ4v) is 1.57. The summed E-state index contributed by atoms with van der Waals surface area (Å²) < 4.78 is 0. The fraction of sp³-hybridized carbons (Fsp3) is 0.333. The maximum absolute atomic E-state index is 11.9. The number of nitrogens with one attached hydrogen (secondary N) is 1. The number of carbonyl (C=O) groups excluding carboxylic acids is 2. The monoisotopic (exact) mass is 276 g/mol. The molecule has 0 aliphatic rings. The van der Waals surface area contributed by atoms with Crippen molar-refractivity contribution in [3.63, 3.8) is 0 Å². The normalized spacial score (nSPS) is 10.6. The average molecular weight is 276 g/mol. The summed E-state index contributed by atoms with van der Waals surface area (Å²) in [7, 11) is 3.59. The maximum atomic E-state index is 11.9. The van der Waals surface area contributed by atoms with Gasteiger partial charge in [0.2, 0.25) is 5.91 Å². The van der Waals surface area contributed by atoms with E-state index in [9.17, 15) is 14.7 Å². The van der Waals surface area contributed by atoms with Gasteiger partial charge in [-0.2, -0.15) is 0 Å². The zero-order chi connectivity index (χ0) is 15.1. The highest BCUT2D eigenvalue weighted by atomic mass is 16.3. The first-order valence-corrected chi connectivity index (χ1v) is 6.46. The number of hydrogen-bond acceptors (Lipinski definition) is 4. The third-order valence-electron chi connectivity index (χ3n) is 2.55. The molecule has 0 atom stereocenters. The third-order valence-corrected chi connectivity index (χ3v) is 2.55. The molecule has 0 radical (unpaired) electrons. The quantitative estimate of drug-likeness (QED) is 0.475. The van der Waals surface area contributed by atoms with Gasteiger partial charge in [0.25, 0.3) is 0 Å². The molecule has 2 N–H and O–H groups in total. The summed E-state index contributed by atoms with van der Waals surface area (Å²) in [6.07, 6.45) is 4.14. The smallest absolute Gasteiger partial charge is 0.224 e. The number of phenolic OH excluding ortho intramolecular Hbond substituents is 1. The summed E-state index contributed by atoms with van der Waals surface area (Å²) in [6, 6.07) is 4.44. The van der Waals surface area contributed by atoms with E-state index >= 15 is 0 Å². The second kappa shape index (κ2) is 7.33. The minimum atomic E-state index is -0.317. The molecule has 1 rings (SSSR count). The maximum Gasteiger partial charge on any atom is 0.224 e. The molecule has 1 amide bonds. The molecule has 5 nitrogen and oxygen atoms in total. The van der Waals surface area contributed by atoms with Crippen LogP contribution >= 0.6 is 0 Å². The van der Waals surface area contributed by atoms with Crippen LogP contribution in [-0.2, 0) is 4.79 Å². The largest absolute Gasteiger partial charge is 0.507 e. The van der Waals surface area contributed by atoms with Crippen molar-refractivity contribution >= 4 is 17.4 Å². The van der Waals surface area contributed by atoms with Gasteiger partial charge in [0.05, 0.1) is 5.56 Å². The predicted molar refractivity (Wildman–Crippen MR) is 78.8 cm³/mol. The molecule has 0 unspecified atom stereocenters. The Bertz CT molecular complexity index is 522. The topological polar surface area (TPSA) is 69.6 Å². The van der Waals surface area contributed by atoms with Gasteiger partial charge in [-0.3, -0.25) is 9.59 Å². The fourth-order valence-electron chi connectivity index (χ4n) is 1.57. The van der Waals surface area contributed by atoms with E-state index in [-0.39, 0.29) is 23.0 Å². The summed E-state index contributed by atoms with van der Waals surface area (Å²) in [5.41, 5.74) is 0.667. The van der Waals surface area contributed by atoms with Gasteiger partial charge < -0.3 is 15.3 Å². The molecule has 0 bridgehead atoms. The Morgan fingerprint density at radius 1 is 1.35 bits per heavy atom. The van der Waals surface area contributed by atoms with E-state index in [2.05, 4.69) is 5.32 Å². The molecule has 5 heteroatoms. The van der Waals surface area contributed by atoms with Crippen LogP contribution < -0.4 is 5.32 Å². The zero-order valence-corrected chi connectivity index (χ0v) is 12.0. The van der Waals surface area contributed by atoms with Crippen molar-refractivity contribution in [2.24, 2.45) is 0 Å². The van der Waals surface area contributed by atoms with E-state index in [0.29, 0.717) is 12.1 Å². The van der Waals surface area contributed by atoms with Gasteiger partial charge in [0.1, 0.15) is 5.75 Å². The van der Waals surface area contributed by atoms with Crippen molar-refractivity contribution in [2.45, 2.75) is 19.8 Å². The lowest BCUT2D eigenvalue weighted by Gasteiger charge is -2.08. The minimum Gasteiger partial charge on any atom is -0.507 e. The van der Waals surface area contributed by atoms with Crippen molar-refractivity contribution in [1.82, 2.24) is 4.90 Å². The Hall–Kier alpha value is -2.30. The van der Waals surface area contributed by atoms with Crippen LogP contribution in [0, 0.1) is 0 Å². The van der Waals surface area contributed by atoms with Crippen molar-refractivity contribution in [1.29, 1.82) is 0 Å². The summed E-state index contributed by atoms with van der Waals surface area (Å²) in [4.78, 5) is 25.2. The first-order valence-electron chi connectivity index (χ1n) is 6.46. The average Bonchev–Trinajstić information content (AvgIpc) is 2.38. The van der Waals surface area contributed by atoms with Crippen LogP contribution in [0.15, 0.2) is 30.5 Å². The van der Waals surface area contributed by atoms with Crippen LogP contribution in [0.2, 0.25) is 0 Å². The van der Waals surface area contributed by atoms with Gasteiger partial charge in [0.15, 0.2) is 5.78 Å². The van der Waals surface area contributed by atoms with Crippen LogP contribution in [0.4, 0.5) is 5.69 Å². The summed E-state index contributed by atoms with van der Waals surface area (Å²) >= 11 is 0. The molecule has 0 aromatic heterocycles. The van der Waals surface area contributed by atoms with E-state index in [1.807, 2.05) is 6.92 Å². The summed E-state index contributed by atoms with van der Waals surface area (Å²) in [5, 5.41) is 12.4. The van der Waals surface area contributed by atoms with Crippen molar-refractivity contribution in [3.05, 3.63) is 36.0 Å². The number of anilines is 1. The molecular formula is C15H20N2O3. The number of ketones is 1. The van der Waals surface area contributed by atoms with E-state index < -0.39 is 0 Å². The molecule has 20 heavy (non-hydrogen) atoms. The Labute approximate surface area is 118 Å². The number of allylic oxidation sites excluding steroid dienone is 1. The molecule has 0 aliphatic carbocycles. The highest BCUT2D eigenvalue weighted by molar-refractivity contribution is 6.07. The van der Waals surface area contributed by atoms with Crippen molar-refractivity contribution in [2.75, 3.05) is 19.4 Å². The van der Waals surface area contributed by atoms with Gasteiger partial charge in [-0.05, 0) is 24.6 Å². The highest BCUT2D eigenvalue weighted by Crippen LogP contribution is 2.22. The summed E-state index contributed by atoms with van der Waals surface area (Å²) in [5.74, 6) is -0.532. The van der Waals surface area contributed by atoms with Gasteiger partial charge in [-0.15, -0.1) is 0 Å². The lowest BCUT2D eigenvalue weighted by Crippen LogP contribution is -2.11. The van der Waals surface area contributed by atoms with Gasteiger partial charge in [-0.25, -0.2) is 0 Å². The third kappa shape index (κ3) is 4.76. The zero-order valence-electron chi connectivity index (χ0n) is 12.0. The van der Waals surface area contributed by atoms with Crippen molar-refractivity contribution < 1.29 is 14.7 Å². The van der Waals surface area contributed by atoms with E-state index in [0.717, 1.165) is 6.42 Å². The molecule has 1 aromatic carbocycles.